The van der Waals surface area contributed by atoms with Gasteiger partial charge < -0.3 is 20.1 Å². The topological polar surface area (TPSA) is 109 Å². The molecule has 170 valence electrons. The van der Waals surface area contributed by atoms with Crippen molar-refractivity contribution < 1.29 is 9.84 Å². The van der Waals surface area contributed by atoms with Gasteiger partial charge in [-0.25, -0.2) is 9.97 Å². The number of aromatic nitrogens is 5. The second kappa shape index (κ2) is 9.68. The Kier molecular flexibility index (Phi) is 6.13. The predicted molar refractivity (Wildman–Crippen MR) is 131 cm³/mol. The molecule has 0 aliphatic carbocycles. The van der Waals surface area contributed by atoms with Crippen LogP contribution in [0.25, 0.3) is 33.7 Å². The van der Waals surface area contributed by atoms with Crippen LogP contribution >= 0.6 is 0 Å². The summed E-state index contributed by atoms with van der Waals surface area (Å²) in [7, 11) is 1.65. The van der Waals surface area contributed by atoms with E-state index in [0.717, 1.165) is 33.5 Å². The molecular weight excluding hydrogens is 428 g/mol. The van der Waals surface area contributed by atoms with Gasteiger partial charge in [-0.05, 0) is 54.4 Å². The monoisotopic (exact) mass is 452 g/mol. The van der Waals surface area contributed by atoms with E-state index in [9.17, 15) is 5.11 Å². The molecule has 3 N–H and O–H groups in total. The van der Waals surface area contributed by atoms with Gasteiger partial charge in [0, 0.05) is 53.9 Å². The summed E-state index contributed by atoms with van der Waals surface area (Å²) in [5.74, 6) is 1.91. The van der Waals surface area contributed by atoms with Gasteiger partial charge in [0.05, 0.1) is 18.8 Å². The van der Waals surface area contributed by atoms with Crippen LogP contribution in [0.15, 0.2) is 79.4 Å². The highest BCUT2D eigenvalue weighted by atomic mass is 16.5. The van der Waals surface area contributed by atoms with E-state index in [1.54, 1.807) is 25.7 Å². The maximum Gasteiger partial charge on any atom is 0.180 e. The quantitative estimate of drug-likeness (QED) is 0.315. The van der Waals surface area contributed by atoms with Crippen LogP contribution in [0.3, 0.4) is 0 Å². The van der Waals surface area contributed by atoms with E-state index < -0.39 is 0 Å². The first-order valence-corrected chi connectivity index (χ1v) is 11.0. The normalized spacial score (nSPS) is 11.9. The number of H-pyrrole nitrogens is 1. The zero-order valence-electron chi connectivity index (χ0n) is 18.6. The Morgan fingerprint density at radius 1 is 1.03 bits per heavy atom. The first-order valence-electron chi connectivity index (χ1n) is 11.0. The molecule has 0 spiro atoms. The average molecular weight is 453 g/mol. The number of methoxy groups -OCH3 is 1. The van der Waals surface area contributed by atoms with Crippen LogP contribution in [0.4, 0.5) is 5.82 Å². The van der Waals surface area contributed by atoms with Gasteiger partial charge in [0.15, 0.2) is 5.82 Å². The van der Waals surface area contributed by atoms with Crippen LogP contribution in [0.1, 0.15) is 18.0 Å². The summed E-state index contributed by atoms with van der Waals surface area (Å²) in [6, 6.07) is 17.1. The largest absolute Gasteiger partial charge is 0.497 e. The molecule has 1 aromatic carbocycles. The molecule has 8 heteroatoms. The minimum absolute atomic E-state index is 0.0158. The van der Waals surface area contributed by atoms with Gasteiger partial charge in [-0.3, -0.25) is 9.97 Å². The summed E-state index contributed by atoms with van der Waals surface area (Å²) in [4.78, 5) is 21.5. The number of nitrogens with zero attached hydrogens (tertiary/aromatic N) is 4. The van der Waals surface area contributed by atoms with Gasteiger partial charge >= 0.3 is 0 Å². The molecule has 5 rings (SSSR count). The zero-order valence-corrected chi connectivity index (χ0v) is 18.6. The smallest absolute Gasteiger partial charge is 0.180 e. The van der Waals surface area contributed by atoms with Crippen LogP contribution in [-0.2, 0) is 0 Å². The summed E-state index contributed by atoms with van der Waals surface area (Å²) >= 11 is 0. The minimum atomic E-state index is -0.195. The molecule has 0 amide bonds. The van der Waals surface area contributed by atoms with Gasteiger partial charge in [0.2, 0.25) is 0 Å². The Labute approximate surface area is 196 Å². The Balaban J connectivity index is 1.58. The molecule has 0 radical (unpaired) electrons. The summed E-state index contributed by atoms with van der Waals surface area (Å²) in [5, 5.41) is 14.4. The highest BCUT2D eigenvalue weighted by molar-refractivity contribution is 5.85. The van der Waals surface area contributed by atoms with Crippen LogP contribution in [0, 0.1) is 0 Å². The number of hydrogen-bond acceptors (Lipinski definition) is 7. The molecule has 5 aromatic rings. The van der Waals surface area contributed by atoms with E-state index in [1.165, 1.54) is 0 Å². The average Bonchev–Trinajstić information content (AvgIpc) is 3.32. The molecule has 34 heavy (non-hydrogen) atoms. The number of aromatic amines is 1. The number of hydrogen-bond donors (Lipinski definition) is 3. The van der Waals surface area contributed by atoms with Crippen molar-refractivity contribution in [1.29, 1.82) is 0 Å². The molecular formula is C26H24N6O2. The lowest BCUT2D eigenvalue weighted by Gasteiger charge is -2.19. The SMILES string of the molecule is COc1ccc2[nH]cc(C(CCO)Nc3cc(-c4cccnc4)nc(-c4ccccn4)n3)c2c1. The van der Waals surface area contributed by atoms with Crippen LogP contribution in [0.5, 0.6) is 5.75 Å². The molecule has 0 aliphatic rings. The molecule has 1 atom stereocenters. The number of aliphatic hydroxyl groups is 1. The van der Waals surface area contributed by atoms with Gasteiger partial charge in [0.1, 0.15) is 17.3 Å². The second-order valence-corrected chi connectivity index (χ2v) is 7.78. The first kappa shape index (κ1) is 21.5. The van der Waals surface area contributed by atoms with Crippen LogP contribution in [-0.4, -0.2) is 43.7 Å². The third-order valence-corrected chi connectivity index (χ3v) is 5.61. The van der Waals surface area contributed by atoms with Gasteiger partial charge in [-0.1, -0.05) is 6.07 Å². The zero-order chi connectivity index (χ0) is 23.3. The van der Waals surface area contributed by atoms with E-state index in [-0.39, 0.29) is 12.6 Å². The molecule has 4 heterocycles. The third-order valence-electron chi connectivity index (χ3n) is 5.61. The number of rotatable bonds is 8. The molecule has 0 aliphatic heterocycles. The minimum Gasteiger partial charge on any atom is -0.497 e. The molecule has 1 unspecified atom stereocenters. The number of pyridine rings is 2. The Morgan fingerprint density at radius 2 is 1.97 bits per heavy atom. The second-order valence-electron chi connectivity index (χ2n) is 7.78. The highest BCUT2D eigenvalue weighted by Gasteiger charge is 2.18. The fourth-order valence-corrected chi connectivity index (χ4v) is 3.94. The van der Waals surface area contributed by atoms with Crippen molar-refractivity contribution in [1.82, 2.24) is 24.9 Å². The predicted octanol–water partition coefficient (Wildman–Crippen LogP) is 4.63. The molecule has 0 bridgehead atoms. The lowest BCUT2D eigenvalue weighted by Crippen LogP contribution is -2.14. The van der Waals surface area contributed by atoms with Crippen LogP contribution < -0.4 is 10.1 Å². The molecule has 4 aromatic heterocycles. The third kappa shape index (κ3) is 4.44. The number of anilines is 1. The summed E-state index contributed by atoms with van der Waals surface area (Å²) in [6.45, 7) is 0.0158. The summed E-state index contributed by atoms with van der Waals surface area (Å²) in [5.41, 5.74) is 4.29. The number of ether oxygens (including phenoxy) is 1. The molecule has 0 saturated carbocycles. The van der Waals surface area contributed by atoms with Crippen molar-refractivity contribution in [3.8, 4) is 28.5 Å². The first-order chi connectivity index (χ1) is 16.7. The number of fused-ring (bicyclic) bond motifs is 1. The standard InChI is InChI=1S/C26H24N6O2/c1-34-18-7-8-21-19(13-18)20(16-29-21)22(9-12-33)30-25-14-24(17-5-4-10-27-15-17)31-26(32-25)23-6-2-3-11-28-23/h2-8,10-11,13-16,22,29,33H,9,12H2,1H3,(H,30,31,32). The molecule has 0 saturated heterocycles. The summed E-state index contributed by atoms with van der Waals surface area (Å²) in [6.07, 6.45) is 7.67. The lowest BCUT2D eigenvalue weighted by atomic mass is 10.0. The highest BCUT2D eigenvalue weighted by Crippen LogP contribution is 2.32. The Hall–Kier alpha value is -4.30. The molecule has 8 nitrogen and oxygen atoms in total. The van der Waals surface area contributed by atoms with Crippen molar-refractivity contribution in [3.63, 3.8) is 0 Å². The van der Waals surface area contributed by atoms with Crippen LogP contribution in [0.2, 0.25) is 0 Å². The van der Waals surface area contributed by atoms with Gasteiger partial charge in [0.25, 0.3) is 0 Å². The van der Waals surface area contributed by atoms with E-state index in [1.807, 2.05) is 60.8 Å². The maximum atomic E-state index is 9.83. The van der Waals surface area contributed by atoms with Crippen molar-refractivity contribution in [2.45, 2.75) is 12.5 Å². The van der Waals surface area contributed by atoms with E-state index in [0.29, 0.717) is 23.8 Å². The maximum absolute atomic E-state index is 9.83. The van der Waals surface area contributed by atoms with Crippen molar-refractivity contribution >= 4 is 16.7 Å². The Morgan fingerprint density at radius 3 is 2.74 bits per heavy atom. The Bertz CT molecular complexity index is 1330. The lowest BCUT2D eigenvalue weighted by molar-refractivity contribution is 0.280. The molecule has 0 fully saturated rings. The van der Waals surface area contributed by atoms with Crippen molar-refractivity contribution in [3.05, 3.63) is 84.9 Å². The van der Waals surface area contributed by atoms with Gasteiger partial charge in [-0.2, -0.15) is 0 Å². The number of aliphatic hydroxyl groups excluding tert-OH is 1. The number of benzene rings is 1. The summed E-state index contributed by atoms with van der Waals surface area (Å²) < 4.78 is 5.42. The van der Waals surface area contributed by atoms with E-state index >= 15 is 0 Å². The van der Waals surface area contributed by atoms with E-state index in [4.69, 9.17) is 14.7 Å². The number of nitrogens with one attached hydrogen (secondary N) is 2. The van der Waals surface area contributed by atoms with Crippen molar-refractivity contribution in [2.75, 3.05) is 19.0 Å². The van der Waals surface area contributed by atoms with E-state index in [2.05, 4.69) is 20.3 Å². The van der Waals surface area contributed by atoms with Crippen molar-refractivity contribution in [2.24, 2.45) is 0 Å². The fourth-order valence-electron chi connectivity index (χ4n) is 3.94. The fraction of sp³-hybridized carbons (Fsp3) is 0.154. The van der Waals surface area contributed by atoms with Gasteiger partial charge in [-0.15, -0.1) is 0 Å².